The first-order chi connectivity index (χ1) is 9.66. The summed E-state index contributed by atoms with van der Waals surface area (Å²) in [4.78, 5) is 16.0. The first kappa shape index (κ1) is 14.3. The number of benzene rings is 1. The Hall–Kier alpha value is -2.07. The number of aryl methyl sites for hydroxylation is 1. The number of carbonyl (C=O) groups excluding carboxylic acids is 1. The second kappa shape index (κ2) is 6.91. The zero-order chi connectivity index (χ0) is 14.4. The average molecular weight is 291 g/mol. The van der Waals surface area contributed by atoms with Gasteiger partial charge in [-0.1, -0.05) is 29.8 Å². The molecule has 0 saturated carbocycles. The number of ether oxygens (including phenoxy) is 1. The zero-order valence-corrected chi connectivity index (χ0v) is 11.9. The minimum absolute atomic E-state index is 0.251. The summed E-state index contributed by atoms with van der Waals surface area (Å²) in [6.45, 7) is 2.62. The second-order valence-corrected chi connectivity index (χ2v) is 4.63. The molecule has 0 unspecified atom stereocenters. The van der Waals surface area contributed by atoms with Crippen LogP contribution in [-0.4, -0.2) is 24.0 Å². The van der Waals surface area contributed by atoms with E-state index >= 15 is 0 Å². The van der Waals surface area contributed by atoms with Crippen molar-refractivity contribution in [2.24, 2.45) is 0 Å². The van der Waals surface area contributed by atoms with Crippen molar-refractivity contribution in [2.75, 3.05) is 13.2 Å². The lowest BCUT2D eigenvalue weighted by Crippen LogP contribution is -2.28. The quantitative estimate of drug-likeness (QED) is 0.862. The largest absolute Gasteiger partial charge is 0.492 e. The van der Waals surface area contributed by atoms with Crippen molar-refractivity contribution in [3.05, 3.63) is 58.9 Å². The fourth-order valence-electron chi connectivity index (χ4n) is 1.64. The highest BCUT2D eigenvalue weighted by molar-refractivity contribution is 6.33. The van der Waals surface area contributed by atoms with Crippen molar-refractivity contribution < 1.29 is 9.53 Å². The van der Waals surface area contributed by atoms with E-state index < -0.39 is 0 Å². The highest BCUT2D eigenvalue weighted by atomic mass is 35.5. The number of nitrogens with zero attached hydrogens (tertiary/aromatic N) is 1. The molecule has 0 fully saturated rings. The SMILES string of the molecule is Cc1cc(Cl)c(C(=O)NCCOc2ccccc2)cn1. The molecule has 0 radical (unpaired) electrons. The lowest BCUT2D eigenvalue weighted by Gasteiger charge is -2.08. The van der Waals surface area contributed by atoms with Gasteiger partial charge in [0, 0.05) is 11.9 Å². The maximum atomic E-state index is 11.9. The van der Waals surface area contributed by atoms with Crippen LogP contribution in [0.3, 0.4) is 0 Å². The Morgan fingerprint density at radius 2 is 2.10 bits per heavy atom. The summed E-state index contributed by atoms with van der Waals surface area (Å²) in [6, 6.07) is 11.1. The topological polar surface area (TPSA) is 51.2 Å². The Morgan fingerprint density at radius 3 is 2.80 bits per heavy atom. The molecular formula is C15H15ClN2O2. The second-order valence-electron chi connectivity index (χ2n) is 4.22. The van der Waals surface area contributed by atoms with Gasteiger partial charge < -0.3 is 10.1 Å². The van der Waals surface area contributed by atoms with Crippen LogP contribution in [0.4, 0.5) is 0 Å². The molecule has 20 heavy (non-hydrogen) atoms. The van der Waals surface area contributed by atoms with Crippen LogP contribution in [0.2, 0.25) is 5.02 Å². The molecule has 0 aliphatic carbocycles. The highest BCUT2D eigenvalue weighted by Crippen LogP contribution is 2.15. The van der Waals surface area contributed by atoms with Crippen molar-refractivity contribution >= 4 is 17.5 Å². The first-order valence-corrected chi connectivity index (χ1v) is 6.63. The van der Waals surface area contributed by atoms with E-state index in [1.165, 1.54) is 6.20 Å². The van der Waals surface area contributed by atoms with E-state index in [-0.39, 0.29) is 5.91 Å². The Kier molecular flexibility index (Phi) is 4.96. The summed E-state index contributed by atoms with van der Waals surface area (Å²) in [5.74, 6) is 0.524. The van der Waals surface area contributed by atoms with Gasteiger partial charge in [0.2, 0.25) is 0 Å². The van der Waals surface area contributed by atoms with Gasteiger partial charge in [0.25, 0.3) is 5.91 Å². The van der Waals surface area contributed by atoms with Crippen LogP contribution in [0.15, 0.2) is 42.6 Å². The van der Waals surface area contributed by atoms with Crippen molar-refractivity contribution in [3.8, 4) is 5.75 Å². The molecule has 4 nitrogen and oxygen atoms in total. The van der Waals surface area contributed by atoms with Crippen molar-refractivity contribution in [1.82, 2.24) is 10.3 Å². The number of aromatic nitrogens is 1. The molecule has 1 heterocycles. The third-order valence-corrected chi connectivity index (χ3v) is 2.95. The van der Waals surface area contributed by atoms with Gasteiger partial charge in [-0.3, -0.25) is 9.78 Å². The van der Waals surface area contributed by atoms with Crippen molar-refractivity contribution in [3.63, 3.8) is 0 Å². The summed E-state index contributed by atoms with van der Waals surface area (Å²) in [7, 11) is 0. The van der Waals surface area contributed by atoms with Gasteiger partial charge in [-0.05, 0) is 25.1 Å². The first-order valence-electron chi connectivity index (χ1n) is 6.25. The number of hydrogen-bond acceptors (Lipinski definition) is 3. The monoisotopic (exact) mass is 290 g/mol. The van der Waals surface area contributed by atoms with Gasteiger partial charge in [0.1, 0.15) is 12.4 Å². The fourth-order valence-corrected chi connectivity index (χ4v) is 1.93. The number of hydrogen-bond donors (Lipinski definition) is 1. The summed E-state index contributed by atoms with van der Waals surface area (Å²) in [5.41, 5.74) is 1.15. The third-order valence-electron chi connectivity index (χ3n) is 2.63. The molecule has 0 aliphatic rings. The van der Waals surface area contributed by atoms with Gasteiger partial charge in [-0.15, -0.1) is 0 Å². The molecule has 0 saturated heterocycles. The van der Waals surface area contributed by atoms with Gasteiger partial charge in [-0.2, -0.15) is 0 Å². The minimum atomic E-state index is -0.251. The van der Waals surface area contributed by atoms with Crippen LogP contribution in [0.25, 0.3) is 0 Å². The fraction of sp³-hybridized carbons (Fsp3) is 0.200. The van der Waals surface area contributed by atoms with Crippen LogP contribution in [0.5, 0.6) is 5.75 Å². The maximum Gasteiger partial charge on any atom is 0.254 e. The minimum Gasteiger partial charge on any atom is -0.492 e. The number of nitrogens with one attached hydrogen (secondary N) is 1. The van der Waals surface area contributed by atoms with Crippen LogP contribution in [-0.2, 0) is 0 Å². The summed E-state index contributed by atoms with van der Waals surface area (Å²) in [5, 5.41) is 3.14. The summed E-state index contributed by atoms with van der Waals surface area (Å²) >= 11 is 6.00. The molecule has 0 bridgehead atoms. The van der Waals surface area contributed by atoms with Crippen molar-refractivity contribution in [1.29, 1.82) is 0 Å². The Morgan fingerprint density at radius 1 is 1.35 bits per heavy atom. The number of pyridine rings is 1. The lowest BCUT2D eigenvalue weighted by atomic mass is 10.2. The van der Waals surface area contributed by atoms with Gasteiger partial charge in [0.15, 0.2) is 0 Å². The number of para-hydroxylation sites is 1. The Bertz CT molecular complexity index is 588. The molecule has 1 aromatic heterocycles. The van der Waals surface area contributed by atoms with E-state index in [0.29, 0.717) is 23.7 Å². The van der Waals surface area contributed by atoms with E-state index in [1.54, 1.807) is 6.07 Å². The van der Waals surface area contributed by atoms with Gasteiger partial charge in [0.05, 0.1) is 17.1 Å². The number of amides is 1. The average Bonchev–Trinajstić information content (AvgIpc) is 2.44. The van der Waals surface area contributed by atoms with Gasteiger partial charge in [-0.25, -0.2) is 0 Å². The number of halogens is 1. The van der Waals surface area contributed by atoms with Crippen molar-refractivity contribution in [2.45, 2.75) is 6.92 Å². The molecule has 1 aromatic carbocycles. The molecule has 104 valence electrons. The van der Waals surface area contributed by atoms with Gasteiger partial charge >= 0.3 is 0 Å². The van der Waals surface area contributed by atoms with Crippen LogP contribution >= 0.6 is 11.6 Å². The standard InChI is InChI=1S/C15H15ClN2O2/c1-11-9-14(16)13(10-18-11)15(19)17-7-8-20-12-5-3-2-4-6-12/h2-6,9-10H,7-8H2,1H3,(H,17,19). The Labute approximate surface area is 122 Å². The lowest BCUT2D eigenvalue weighted by molar-refractivity contribution is 0.0947. The molecule has 0 atom stereocenters. The molecule has 0 spiro atoms. The van der Waals surface area contributed by atoms with Crippen LogP contribution < -0.4 is 10.1 Å². The molecule has 2 aromatic rings. The molecular weight excluding hydrogens is 276 g/mol. The smallest absolute Gasteiger partial charge is 0.254 e. The van der Waals surface area contributed by atoms with E-state index in [2.05, 4.69) is 10.3 Å². The predicted molar refractivity (Wildman–Crippen MR) is 78.3 cm³/mol. The van der Waals surface area contributed by atoms with E-state index in [1.807, 2.05) is 37.3 Å². The number of carbonyl (C=O) groups is 1. The summed E-state index contributed by atoms with van der Waals surface area (Å²) < 4.78 is 5.48. The van der Waals surface area contributed by atoms with Crippen LogP contribution in [0.1, 0.15) is 16.1 Å². The zero-order valence-electron chi connectivity index (χ0n) is 11.1. The highest BCUT2D eigenvalue weighted by Gasteiger charge is 2.10. The molecule has 1 N–H and O–H groups in total. The van der Waals surface area contributed by atoms with E-state index in [9.17, 15) is 4.79 Å². The molecule has 2 rings (SSSR count). The maximum absolute atomic E-state index is 11.9. The third kappa shape index (κ3) is 3.96. The number of rotatable bonds is 5. The van der Waals surface area contributed by atoms with E-state index in [4.69, 9.17) is 16.3 Å². The molecule has 1 amide bonds. The van der Waals surface area contributed by atoms with Crippen LogP contribution in [0, 0.1) is 6.92 Å². The summed E-state index contributed by atoms with van der Waals surface area (Å²) in [6.07, 6.45) is 1.48. The molecule has 0 aliphatic heterocycles. The molecule has 5 heteroatoms. The predicted octanol–water partition coefficient (Wildman–Crippen LogP) is 2.85. The Balaban J connectivity index is 1.80. The van der Waals surface area contributed by atoms with E-state index in [0.717, 1.165) is 11.4 Å². The normalized spacial score (nSPS) is 10.1.